The van der Waals surface area contributed by atoms with Crippen LogP contribution in [0.5, 0.6) is 5.75 Å². The molecule has 3 rings (SSSR count). The molecular formula is C22H21ClN2O2. The van der Waals surface area contributed by atoms with Crippen LogP contribution in [0.15, 0.2) is 73.1 Å². The van der Waals surface area contributed by atoms with Gasteiger partial charge in [0.05, 0.1) is 0 Å². The number of carbonyl (C=O) groups is 1. The van der Waals surface area contributed by atoms with Gasteiger partial charge in [0.15, 0.2) is 6.10 Å². The van der Waals surface area contributed by atoms with Crippen LogP contribution in [0.2, 0.25) is 5.02 Å². The number of carbonyl (C=O) groups excluding carboxylic acids is 1. The number of ether oxygens (including phenoxy) is 1. The zero-order valence-corrected chi connectivity index (χ0v) is 15.8. The smallest absolute Gasteiger partial charge is 0.265 e. The van der Waals surface area contributed by atoms with E-state index in [9.17, 15) is 4.79 Å². The average molecular weight is 381 g/mol. The van der Waals surface area contributed by atoms with Crippen molar-refractivity contribution in [2.75, 3.05) is 5.32 Å². The molecule has 0 aliphatic carbocycles. The molecule has 1 amide bonds. The molecule has 0 aliphatic rings. The van der Waals surface area contributed by atoms with E-state index in [1.165, 1.54) is 11.1 Å². The Bertz CT molecular complexity index is 882. The second-order valence-electron chi connectivity index (χ2n) is 6.19. The predicted octanol–water partition coefficient (Wildman–Crippen LogP) is 5.12. The highest BCUT2D eigenvalue weighted by Crippen LogP contribution is 2.20. The Hall–Kier alpha value is -2.85. The first kappa shape index (κ1) is 18.9. The summed E-state index contributed by atoms with van der Waals surface area (Å²) in [6.07, 6.45) is 4.37. The molecule has 5 heteroatoms. The van der Waals surface area contributed by atoms with E-state index in [0.717, 1.165) is 12.1 Å². The van der Waals surface area contributed by atoms with Crippen molar-refractivity contribution in [2.45, 2.75) is 25.9 Å². The normalized spacial score (nSPS) is 11.6. The van der Waals surface area contributed by atoms with Crippen LogP contribution >= 0.6 is 11.6 Å². The van der Waals surface area contributed by atoms with E-state index >= 15 is 0 Å². The lowest BCUT2D eigenvalue weighted by molar-refractivity contribution is -0.122. The quantitative estimate of drug-likeness (QED) is 0.618. The molecule has 1 heterocycles. The first-order chi connectivity index (χ1) is 13.1. The van der Waals surface area contributed by atoms with Crippen LogP contribution in [0.25, 0.3) is 0 Å². The fourth-order valence-electron chi connectivity index (χ4n) is 2.69. The van der Waals surface area contributed by atoms with E-state index in [1.54, 1.807) is 36.7 Å². The highest BCUT2D eigenvalue weighted by atomic mass is 35.5. The minimum absolute atomic E-state index is 0.181. The van der Waals surface area contributed by atoms with Crippen molar-refractivity contribution in [3.63, 3.8) is 0 Å². The van der Waals surface area contributed by atoms with Gasteiger partial charge in [0.1, 0.15) is 5.75 Å². The highest BCUT2D eigenvalue weighted by Gasteiger charge is 2.18. The Balaban J connectivity index is 1.60. The number of pyridine rings is 1. The van der Waals surface area contributed by atoms with Crippen molar-refractivity contribution in [2.24, 2.45) is 0 Å². The van der Waals surface area contributed by atoms with Crippen molar-refractivity contribution < 1.29 is 9.53 Å². The second-order valence-corrected chi connectivity index (χ2v) is 6.63. The fraction of sp³-hybridized carbons (Fsp3) is 0.182. The molecular weight excluding hydrogens is 360 g/mol. The van der Waals surface area contributed by atoms with E-state index in [4.69, 9.17) is 16.3 Å². The molecule has 2 aromatic carbocycles. The molecule has 0 fully saturated rings. The van der Waals surface area contributed by atoms with E-state index in [2.05, 4.69) is 10.3 Å². The van der Waals surface area contributed by atoms with Crippen LogP contribution in [0.4, 0.5) is 5.69 Å². The summed E-state index contributed by atoms with van der Waals surface area (Å²) in [6, 6.07) is 18.9. The maximum absolute atomic E-state index is 12.5. The third-order valence-corrected chi connectivity index (χ3v) is 4.35. The topological polar surface area (TPSA) is 51.2 Å². The van der Waals surface area contributed by atoms with Gasteiger partial charge < -0.3 is 10.1 Å². The van der Waals surface area contributed by atoms with Gasteiger partial charge in [-0.15, -0.1) is 0 Å². The summed E-state index contributed by atoms with van der Waals surface area (Å²) in [7, 11) is 0. The van der Waals surface area contributed by atoms with Gasteiger partial charge in [0, 0.05) is 23.1 Å². The summed E-state index contributed by atoms with van der Waals surface area (Å²) in [5.41, 5.74) is 3.11. The van der Waals surface area contributed by atoms with E-state index in [1.807, 2.05) is 43.3 Å². The Kier molecular flexibility index (Phi) is 6.44. The molecule has 0 spiro atoms. The summed E-state index contributed by atoms with van der Waals surface area (Å²) in [4.78, 5) is 16.6. The molecule has 1 N–H and O–H groups in total. The number of anilines is 1. The second kappa shape index (κ2) is 9.19. The number of nitrogens with zero attached hydrogens (tertiary/aromatic N) is 1. The molecule has 0 radical (unpaired) electrons. The number of amides is 1. The van der Waals surface area contributed by atoms with Gasteiger partial charge in [0.2, 0.25) is 0 Å². The van der Waals surface area contributed by atoms with Gasteiger partial charge in [-0.2, -0.15) is 0 Å². The highest BCUT2D eigenvalue weighted by molar-refractivity contribution is 6.30. The fourth-order valence-corrected chi connectivity index (χ4v) is 2.87. The lowest BCUT2D eigenvalue weighted by atomic mass is 10.1. The number of hydrogen-bond donors (Lipinski definition) is 1. The van der Waals surface area contributed by atoms with Crippen LogP contribution < -0.4 is 10.1 Å². The van der Waals surface area contributed by atoms with Crippen LogP contribution in [0, 0.1) is 0 Å². The monoisotopic (exact) mass is 380 g/mol. The first-order valence-corrected chi connectivity index (χ1v) is 9.23. The Morgan fingerprint density at radius 1 is 1.07 bits per heavy atom. The maximum Gasteiger partial charge on any atom is 0.265 e. The van der Waals surface area contributed by atoms with Crippen molar-refractivity contribution in [1.82, 2.24) is 4.98 Å². The zero-order chi connectivity index (χ0) is 19.1. The maximum atomic E-state index is 12.5. The van der Waals surface area contributed by atoms with Crippen molar-refractivity contribution in [3.05, 3.63) is 89.2 Å². The first-order valence-electron chi connectivity index (χ1n) is 8.85. The molecule has 138 valence electrons. The molecule has 3 aromatic rings. The summed E-state index contributed by atoms with van der Waals surface area (Å²) < 4.78 is 5.78. The van der Waals surface area contributed by atoms with Gasteiger partial charge in [0.25, 0.3) is 5.91 Å². The largest absolute Gasteiger partial charge is 0.481 e. The summed E-state index contributed by atoms with van der Waals surface area (Å²) in [6.45, 7) is 1.91. The number of benzene rings is 2. The van der Waals surface area contributed by atoms with E-state index in [0.29, 0.717) is 17.2 Å². The number of nitrogens with one attached hydrogen (secondary N) is 1. The molecule has 0 unspecified atom stereocenters. The van der Waals surface area contributed by atoms with Gasteiger partial charge in [-0.1, -0.05) is 36.7 Å². The summed E-state index contributed by atoms with van der Waals surface area (Å²) in [5, 5.41) is 3.49. The van der Waals surface area contributed by atoms with Gasteiger partial charge in [-0.25, -0.2) is 0 Å². The predicted molar refractivity (Wildman–Crippen MR) is 108 cm³/mol. The molecule has 27 heavy (non-hydrogen) atoms. The minimum atomic E-state index is -0.583. The van der Waals surface area contributed by atoms with Crippen LogP contribution in [0.1, 0.15) is 24.5 Å². The lowest BCUT2D eigenvalue weighted by Crippen LogP contribution is -2.32. The van der Waals surface area contributed by atoms with Crippen molar-refractivity contribution in [1.29, 1.82) is 0 Å². The van der Waals surface area contributed by atoms with Gasteiger partial charge >= 0.3 is 0 Å². The van der Waals surface area contributed by atoms with Gasteiger partial charge in [-0.05, 0) is 66.4 Å². The minimum Gasteiger partial charge on any atom is -0.481 e. The van der Waals surface area contributed by atoms with Crippen molar-refractivity contribution >= 4 is 23.2 Å². The average Bonchev–Trinajstić information content (AvgIpc) is 2.68. The molecule has 4 nitrogen and oxygen atoms in total. The van der Waals surface area contributed by atoms with Crippen LogP contribution in [0.3, 0.4) is 0 Å². The van der Waals surface area contributed by atoms with Gasteiger partial charge in [-0.3, -0.25) is 9.78 Å². The Morgan fingerprint density at radius 3 is 2.44 bits per heavy atom. The van der Waals surface area contributed by atoms with E-state index < -0.39 is 6.10 Å². The third-order valence-electron chi connectivity index (χ3n) is 4.12. The molecule has 0 saturated heterocycles. The Labute approximate surface area is 164 Å². The third kappa shape index (κ3) is 5.56. The number of hydrogen-bond acceptors (Lipinski definition) is 3. The van der Waals surface area contributed by atoms with E-state index in [-0.39, 0.29) is 5.91 Å². The molecule has 1 atom stereocenters. The molecule has 1 aromatic heterocycles. The molecule has 0 aliphatic heterocycles. The van der Waals surface area contributed by atoms with Crippen molar-refractivity contribution in [3.8, 4) is 5.75 Å². The number of aromatic nitrogens is 1. The lowest BCUT2D eigenvalue weighted by Gasteiger charge is -2.17. The number of rotatable bonds is 7. The zero-order valence-electron chi connectivity index (χ0n) is 15.1. The Morgan fingerprint density at radius 2 is 1.78 bits per heavy atom. The molecule has 0 bridgehead atoms. The number of halogens is 1. The summed E-state index contributed by atoms with van der Waals surface area (Å²) >= 11 is 5.97. The molecule has 0 saturated carbocycles. The van der Waals surface area contributed by atoms with Crippen LogP contribution in [-0.2, 0) is 11.2 Å². The summed E-state index contributed by atoms with van der Waals surface area (Å²) in [5.74, 6) is 0.400. The van der Waals surface area contributed by atoms with Crippen LogP contribution in [-0.4, -0.2) is 17.0 Å². The SMILES string of the molecule is CC[C@@H](Oc1cccc(Cl)c1)C(=O)Nc1ccc(Cc2ccncc2)cc1. The standard InChI is InChI=1S/C22H21ClN2O2/c1-2-21(27-20-5-3-4-18(23)15-20)22(26)25-19-8-6-16(7-9-19)14-17-10-12-24-13-11-17/h3-13,15,21H,2,14H2,1H3,(H,25,26)/t21-/m1/s1.